The first kappa shape index (κ1) is 16.7. The van der Waals surface area contributed by atoms with E-state index in [0.717, 1.165) is 15.6 Å². The van der Waals surface area contributed by atoms with Crippen LogP contribution in [0.1, 0.15) is 11.3 Å². The summed E-state index contributed by atoms with van der Waals surface area (Å²) in [7, 11) is -3.91. The van der Waals surface area contributed by atoms with Gasteiger partial charge < -0.3 is 0 Å². The molecule has 0 unspecified atom stereocenters. The summed E-state index contributed by atoms with van der Waals surface area (Å²) in [5.41, 5.74) is 1.74. The number of anilines is 1. The van der Waals surface area contributed by atoms with Gasteiger partial charge in [-0.25, -0.2) is 22.5 Å². The van der Waals surface area contributed by atoms with Gasteiger partial charge in [-0.05, 0) is 55.8 Å². The lowest BCUT2D eigenvalue weighted by atomic mass is 10.2. The van der Waals surface area contributed by atoms with Crippen molar-refractivity contribution in [2.24, 2.45) is 0 Å². The van der Waals surface area contributed by atoms with Gasteiger partial charge in [-0.15, -0.1) is 0 Å². The van der Waals surface area contributed by atoms with E-state index in [1.165, 1.54) is 29.2 Å². The molecule has 0 bridgehead atoms. The molecule has 1 aliphatic heterocycles. The molecule has 0 spiro atoms. The van der Waals surface area contributed by atoms with Crippen molar-refractivity contribution < 1.29 is 13.2 Å². The fraction of sp³-hybridized carbons (Fsp3) is 0.250. The summed E-state index contributed by atoms with van der Waals surface area (Å²) in [5, 5.41) is 0.433. The number of benzene rings is 1. The summed E-state index contributed by atoms with van der Waals surface area (Å²) in [4.78, 5) is 18.4. The third-order valence-corrected chi connectivity index (χ3v) is 5.77. The topological polar surface area (TPSA) is 70.6 Å². The van der Waals surface area contributed by atoms with E-state index in [4.69, 9.17) is 11.6 Å². The van der Waals surface area contributed by atoms with Gasteiger partial charge in [0.1, 0.15) is 5.82 Å². The minimum atomic E-state index is -3.91. The van der Waals surface area contributed by atoms with Crippen molar-refractivity contribution in [3.8, 4) is 0 Å². The maximum atomic E-state index is 12.7. The Labute approximate surface area is 145 Å². The molecule has 0 saturated carbocycles. The Morgan fingerprint density at radius 3 is 2.38 bits per heavy atom. The number of sulfonamides is 1. The van der Waals surface area contributed by atoms with Crippen LogP contribution in [0.15, 0.2) is 41.3 Å². The van der Waals surface area contributed by atoms with Crippen LogP contribution in [-0.2, 0) is 10.0 Å². The van der Waals surface area contributed by atoms with Crippen LogP contribution in [-0.4, -0.2) is 36.8 Å². The minimum Gasteiger partial charge on any atom is -0.276 e. The zero-order chi connectivity index (χ0) is 17.5. The van der Waals surface area contributed by atoms with Gasteiger partial charge in [0.15, 0.2) is 0 Å². The van der Waals surface area contributed by atoms with Gasteiger partial charge in [-0.3, -0.25) is 4.90 Å². The average Bonchev–Trinajstić information content (AvgIpc) is 2.89. The Morgan fingerprint density at radius 2 is 1.75 bits per heavy atom. The summed E-state index contributed by atoms with van der Waals surface area (Å²) in [5.74, 6) is 0.464. The van der Waals surface area contributed by atoms with E-state index in [-0.39, 0.29) is 18.0 Å². The van der Waals surface area contributed by atoms with E-state index in [1.54, 1.807) is 6.07 Å². The first-order valence-corrected chi connectivity index (χ1v) is 9.16. The van der Waals surface area contributed by atoms with E-state index in [0.29, 0.717) is 10.8 Å². The quantitative estimate of drug-likeness (QED) is 0.838. The summed E-state index contributed by atoms with van der Waals surface area (Å²) in [6.45, 7) is 4.08. The van der Waals surface area contributed by atoms with Crippen LogP contribution in [0.25, 0.3) is 0 Å². The Morgan fingerprint density at radius 1 is 1.08 bits per heavy atom. The molecule has 6 nitrogen and oxygen atoms in total. The highest BCUT2D eigenvalue weighted by molar-refractivity contribution is 7.89. The van der Waals surface area contributed by atoms with Gasteiger partial charge in [-0.2, -0.15) is 0 Å². The van der Waals surface area contributed by atoms with Crippen molar-refractivity contribution in [1.82, 2.24) is 9.29 Å². The molecular formula is C16H16ClN3O3S. The largest absolute Gasteiger partial charge is 0.339 e. The van der Waals surface area contributed by atoms with Crippen molar-refractivity contribution in [1.29, 1.82) is 0 Å². The van der Waals surface area contributed by atoms with Crippen LogP contribution in [0.4, 0.5) is 10.6 Å². The Kier molecular flexibility index (Phi) is 4.23. The molecule has 2 aromatic rings. The van der Waals surface area contributed by atoms with Gasteiger partial charge in [0.05, 0.1) is 11.4 Å². The minimum absolute atomic E-state index is 0.0375. The maximum Gasteiger partial charge on any atom is 0.339 e. The molecule has 24 heavy (non-hydrogen) atoms. The lowest BCUT2D eigenvalue weighted by Crippen LogP contribution is -2.36. The molecule has 2 amide bonds. The van der Waals surface area contributed by atoms with Gasteiger partial charge in [0.25, 0.3) is 10.0 Å². The van der Waals surface area contributed by atoms with Crippen molar-refractivity contribution in [3.63, 3.8) is 0 Å². The fourth-order valence-electron chi connectivity index (χ4n) is 2.64. The van der Waals surface area contributed by atoms with Gasteiger partial charge in [0, 0.05) is 17.3 Å². The van der Waals surface area contributed by atoms with Crippen LogP contribution in [0, 0.1) is 13.8 Å². The molecule has 1 saturated heterocycles. The second-order valence-electron chi connectivity index (χ2n) is 5.61. The van der Waals surface area contributed by atoms with Crippen molar-refractivity contribution >= 4 is 33.5 Å². The number of halogens is 1. The summed E-state index contributed by atoms with van der Waals surface area (Å²) in [6, 6.07) is 8.82. The Bertz CT molecular complexity index is 877. The predicted molar refractivity (Wildman–Crippen MR) is 91.8 cm³/mol. The summed E-state index contributed by atoms with van der Waals surface area (Å²) in [6.07, 6.45) is 0. The van der Waals surface area contributed by atoms with Crippen LogP contribution in [0.3, 0.4) is 0 Å². The molecular weight excluding hydrogens is 350 g/mol. The standard InChI is InChI=1S/C16H16ClN3O3S/c1-11-9-12(2)18-15(10-11)19-7-8-20(16(19)21)24(22,23)14-5-3-13(17)4-6-14/h3-6,9-10H,7-8H2,1-2H3. The van der Waals surface area contributed by atoms with Crippen LogP contribution < -0.4 is 4.90 Å². The number of aryl methyl sites for hydroxylation is 2. The SMILES string of the molecule is Cc1cc(C)nc(N2CCN(S(=O)(=O)c3ccc(Cl)cc3)C2=O)c1. The van der Waals surface area contributed by atoms with Crippen molar-refractivity contribution in [2.45, 2.75) is 18.7 Å². The number of aromatic nitrogens is 1. The molecule has 1 aliphatic rings. The summed E-state index contributed by atoms with van der Waals surface area (Å²) < 4.78 is 26.2. The number of hydrogen-bond donors (Lipinski definition) is 0. The normalized spacial score (nSPS) is 15.2. The van der Waals surface area contributed by atoms with Gasteiger partial charge >= 0.3 is 6.03 Å². The molecule has 0 aliphatic carbocycles. The molecule has 1 fully saturated rings. The zero-order valence-electron chi connectivity index (χ0n) is 13.2. The van der Waals surface area contributed by atoms with Gasteiger partial charge in [-0.1, -0.05) is 11.6 Å². The first-order valence-electron chi connectivity index (χ1n) is 7.34. The molecule has 2 heterocycles. The van der Waals surface area contributed by atoms with E-state index in [1.807, 2.05) is 19.9 Å². The lowest BCUT2D eigenvalue weighted by molar-refractivity contribution is 0.239. The van der Waals surface area contributed by atoms with Crippen LogP contribution in [0.5, 0.6) is 0 Å². The number of carbonyl (C=O) groups is 1. The number of hydrogen-bond acceptors (Lipinski definition) is 4. The lowest BCUT2D eigenvalue weighted by Gasteiger charge is -2.18. The highest BCUT2D eigenvalue weighted by Gasteiger charge is 2.39. The number of carbonyl (C=O) groups excluding carboxylic acids is 1. The third kappa shape index (κ3) is 2.97. The molecule has 1 aromatic heterocycles. The second kappa shape index (κ2) is 6.07. The van der Waals surface area contributed by atoms with E-state index in [9.17, 15) is 13.2 Å². The van der Waals surface area contributed by atoms with Crippen molar-refractivity contribution in [2.75, 3.05) is 18.0 Å². The highest BCUT2D eigenvalue weighted by Crippen LogP contribution is 2.26. The molecule has 0 N–H and O–H groups in total. The number of pyridine rings is 1. The van der Waals surface area contributed by atoms with Crippen LogP contribution in [0.2, 0.25) is 5.02 Å². The number of rotatable bonds is 3. The molecule has 126 valence electrons. The number of nitrogens with zero attached hydrogens (tertiary/aromatic N) is 3. The number of amides is 2. The van der Waals surface area contributed by atoms with E-state index in [2.05, 4.69) is 4.98 Å². The monoisotopic (exact) mass is 365 g/mol. The van der Waals surface area contributed by atoms with Crippen molar-refractivity contribution in [3.05, 3.63) is 52.7 Å². The average molecular weight is 366 g/mol. The second-order valence-corrected chi connectivity index (χ2v) is 7.91. The smallest absolute Gasteiger partial charge is 0.276 e. The van der Waals surface area contributed by atoms with E-state index < -0.39 is 16.1 Å². The molecule has 0 radical (unpaired) electrons. The van der Waals surface area contributed by atoms with Gasteiger partial charge in [0.2, 0.25) is 0 Å². The van der Waals surface area contributed by atoms with Crippen LogP contribution >= 0.6 is 11.6 Å². The molecule has 0 atom stereocenters. The third-order valence-electron chi connectivity index (χ3n) is 3.73. The molecule has 8 heteroatoms. The van der Waals surface area contributed by atoms with E-state index >= 15 is 0 Å². The highest BCUT2D eigenvalue weighted by atomic mass is 35.5. The molecule has 1 aromatic carbocycles. The fourth-order valence-corrected chi connectivity index (χ4v) is 4.13. The summed E-state index contributed by atoms with van der Waals surface area (Å²) >= 11 is 5.79. The Balaban J connectivity index is 1.92. The predicted octanol–water partition coefficient (Wildman–Crippen LogP) is 2.98. The Hall–Kier alpha value is -2.12. The zero-order valence-corrected chi connectivity index (χ0v) is 14.8. The maximum absolute atomic E-state index is 12.7. The number of urea groups is 1. The molecule has 3 rings (SSSR count). The first-order chi connectivity index (χ1) is 11.3.